The summed E-state index contributed by atoms with van der Waals surface area (Å²) < 4.78 is 1.68. The van der Waals surface area contributed by atoms with Crippen molar-refractivity contribution in [3.8, 4) is 6.07 Å². The van der Waals surface area contributed by atoms with Crippen LogP contribution < -0.4 is 9.47 Å². The Morgan fingerprint density at radius 2 is 1.70 bits per heavy atom. The molecule has 2 heterocycles. The quantitative estimate of drug-likeness (QED) is 0.225. The molecular weight excluding hydrogens is 392 g/mol. The summed E-state index contributed by atoms with van der Waals surface area (Å²) in [6, 6.07) is 21.2. The van der Waals surface area contributed by atoms with Crippen LogP contribution in [0.4, 0.5) is 11.4 Å². The van der Waals surface area contributed by atoms with Gasteiger partial charge in [0.05, 0.1) is 11.4 Å². The third-order valence-electron chi connectivity index (χ3n) is 4.62. The summed E-state index contributed by atoms with van der Waals surface area (Å²) in [4.78, 5) is 17.5. The Bertz CT molecular complexity index is 1240. The number of aromatic nitrogens is 1. The lowest BCUT2D eigenvalue weighted by atomic mass is 10.1. The molecule has 144 valence electrons. The van der Waals surface area contributed by atoms with Crippen LogP contribution in [0.2, 0.25) is 0 Å². The second-order valence-corrected chi connectivity index (χ2v) is 7.73. The topological polar surface area (TPSA) is 71.8 Å². The number of hydrogen-bond donors (Lipinski definition) is 1. The molecule has 0 saturated carbocycles. The first kappa shape index (κ1) is 19.4. The standard InChI is InChI=1S/C24H17N4OS/c1-17-7-6-12-27(16-17)21(13-18(14-25)15-26)24(29)28-19-8-2-4-10-22(19)30-23-11-5-3-9-20(23)28/h2-13,16,25H,1H3/q+1/b21-13-. The first-order valence-electron chi connectivity index (χ1n) is 9.22. The minimum absolute atomic E-state index is 0.0275. The van der Waals surface area contributed by atoms with Gasteiger partial charge in [-0.2, -0.15) is 9.83 Å². The lowest BCUT2D eigenvalue weighted by Crippen LogP contribution is -2.42. The Hall–Kier alpha value is -3.91. The second-order valence-electron chi connectivity index (χ2n) is 6.65. The molecule has 0 unspecified atom stereocenters. The van der Waals surface area contributed by atoms with Gasteiger partial charge in [-0.05, 0) is 43.1 Å². The van der Waals surface area contributed by atoms with Crippen LogP contribution in [0.1, 0.15) is 5.56 Å². The maximum atomic E-state index is 13.9. The van der Waals surface area contributed by atoms with Gasteiger partial charge in [-0.1, -0.05) is 36.0 Å². The Kier molecular flexibility index (Phi) is 5.32. The van der Waals surface area contributed by atoms with E-state index >= 15 is 0 Å². The van der Waals surface area contributed by atoms with Gasteiger partial charge in [0.2, 0.25) is 0 Å². The lowest BCUT2D eigenvalue weighted by Gasteiger charge is -2.30. The molecule has 0 fully saturated rings. The summed E-state index contributed by atoms with van der Waals surface area (Å²) in [7, 11) is 0. The number of fused-ring (bicyclic) bond motifs is 2. The number of benzene rings is 2. The number of carbonyl (C=O) groups excluding carboxylic acids is 1. The third kappa shape index (κ3) is 3.56. The van der Waals surface area contributed by atoms with E-state index in [2.05, 4.69) is 5.87 Å². The van der Waals surface area contributed by atoms with Crippen molar-refractivity contribution in [3.05, 3.63) is 90.3 Å². The molecule has 2 aromatic carbocycles. The average molecular weight is 409 g/mol. The van der Waals surface area contributed by atoms with Gasteiger partial charge < -0.3 is 0 Å². The first-order chi connectivity index (χ1) is 14.6. The summed E-state index contributed by atoms with van der Waals surface area (Å²) in [5.41, 5.74) is 2.75. The molecule has 1 aliphatic heterocycles. The number of anilines is 2. The zero-order valence-electron chi connectivity index (χ0n) is 16.2. The molecule has 4 rings (SSSR count). The van der Waals surface area contributed by atoms with Gasteiger partial charge in [-0.3, -0.25) is 15.1 Å². The van der Waals surface area contributed by atoms with E-state index in [1.807, 2.05) is 79.9 Å². The number of amides is 1. The Labute approximate surface area is 178 Å². The van der Waals surface area contributed by atoms with Crippen LogP contribution in [0.25, 0.3) is 5.70 Å². The van der Waals surface area contributed by atoms with Crippen molar-refractivity contribution in [3.63, 3.8) is 0 Å². The van der Waals surface area contributed by atoms with Gasteiger partial charge >= 0.3 is 5.91 Å². The molecule has 1 amide bonds. The van der Waals surface area contributed by atoms with Crippen LogP contribution >= 0.6 is 11.8 Å². The summed E-state index contributed by atoms with van der Waals surface area (Å²) in [5, 5.41) is 16.7. The van der Waals surface area contributed by atoms with Crippen LogP contribution in [-0.2, 0) is 4.79 Å². The number of para-hydroxylation sites is 2. The van der Waals surface area contributed by atoms with Crippen molar-refractivity contribution in [1.29, 1.82) is 10.7 Å². The van der Waals surface area contributed by atoms with Crippen LogP contribution in [0.5, 0.6) is 0 Å². The molecule has 6 heteroatoms. The van der Waals surface area contributed by atoms with Crippen molar-refractivity contribution in [2.45, 2.75) is 16.7 Å². The minimum atomic E-state index is -0.297. The van der Waals surface area contributed by atoms with E-state index in [1.165, 1.54) is 6.08 Å². The summed E-state index contributed by atoms with van der Waals surface area (Å²) in [6.45, 7) is 1.93. The molecule has 1 aromatic heterocycles. The van der Waals surface area contributed by atoms with Crippen molar-refractivity contribution >= 4 is 40.6 Å². The predicted octanol–water partition coefficient (Wildman–Crippen LogP) is 4.65. The third-order valence-corrected chi connectivity index (χ3v) is 5.75. The molecule has 30 heavy (non-hydrogen) atoms. The van der Waals surface area contributed by atoms with Gasteiger partial charge in [0.1, 0.15) is 11.6 Å². The Balaban J connectivity index is 1.93. The van der Waals surface area contributed by atoms with Gasteiger partial charge in [0.25, 0.3) is 5.70 Å². The minimum Gasteiger partial charge on any atom is -0.270 e. The van der Waals surface area contributed by atoms with E-state index in [0.717, 1.165) is 26.7 Å². The van der Waals surface area contributed by atoms with Crippen molar-refractivity contribution in [2.75, 3.05) is 4.90 Å². The molecule has 1 aliphatic rings. The zero-order valence-corrected chi connectivity index (χ0v) is 17.0. The number of hydrogen-bond acceptors (Lipinski definition) is 4. The number of carbonyl (C=O) groups is 1. The van der Waals surface area contributed by atoms with E-state index in [1.54, 1.807) is 27.4 Å². The molecule has 3 aromatic rings. The number of pyridine rings is 1. The Morgan fingerprint density at radius 3 is 2.27 bits per heavy atom. The lowest BCUT2D eigenvalue weighted by molar-refractivity contribution is -0.577. The molecule has 0 aliphatic carbocycles. The van der Waals surface area contributed by atoms with E-state index < -0.39 is 0 Å². The number of allylic oxidation sites excluding steroid dienone is 2. The van der Waals surface area contributed by atoms with Crippen LogP contribution in [-0.4, -0.2) is 11.8 Å². The number of rotatable bonds is 3. The van der Waals surface area contributed by atoms with Gasteiger partial charge in [-0.15, -0.1) is 0 Å². The summed E-state index contributed by atoms with van der Waals surface area (Å²) >= 11 is 1.62. The van der Waals surface area contributed by atoms with Gasteiger partial charge in [-0.25, -0.2) is 0 Å². The molecule has 5 nitrogen and oxygen atoms in total. The molecule has 0 radical (unpaired) electrons. The Morgan fingerprint density at radius 1 is 1.07 bits per heavy atom. The highest BCUT2D eigenvalue weighted by atomic mass is 32.2. The van der Waals surface area contributed by atoms with Crippen LogP contribution in [0, 0.1) is 23.7 Å². The summed E-state index contributed by atoms with van der Waals surface area (Å²) in [6.07, 6.45) is 4.98. The van der Waals surface area contributed by atoms with E-state index in [9.17, 15) is 10.1 Å². The van der Waals surface area contributed by atoms with Crippen LogP contribution in [0.3, 0.4) is 0 Å². The number of nitrogens with zero attached hydrogens (tertiary/aromatic N) is 3. The number of nitriles is 1. The first-order valence-corrected chi connectivity index (χ1v) is 10.0. The van der Waals surface area contributed by atoms with Gasteiger partial charge in [0.15, 0.2) is 12.4 Å². The fraction of sp³-hybridized carbons (Fsp3) is 0.0417. The molecule has 0 saturated heterocycles. The maximum Gasteiger partial charge on any atom is 0.328 e. The molecule has 0 atom stereocenters. The maximum absolute atomic E-state index is 13.9. The van der Waals surface area contributed by atoms with E-state index in [-0.39, 0.29) is 17.2 Å². The monoisotopic (exact) mass is 409 g/mol. The normalized spacial score (nSPS) is 12.3. The average Bonchev–Trinajstić information content (AvgIpc) is 2.78. The molecular formula is C24H17N4OS+. The smallest absolute Gasteiger partial charge is 0.270 e. The fourth-order valence-electron chi connectivity index (χ4n) is 3.26. The number of aryl methyl sites for hydroxylation is 1. The zero-order chi connectivity index (χ0) is 21.1. The largest absolute Gasteiger partial charge is 0.328 e. The van der Waals surface area contributed by atoms with Crippen LogP contribution in [0.15, 0.2) is 94.5 Å². The summed E-state index contributed by atoms with van der Waals surface area (Å²) in [5.74, 6) is 1.81. The highest BCUT2D eigenvalue weighted by Gasteiger charge is 2.34. The van der Waals surface area contributed by atoms with E-state index in [4.69, 9.17) is 5.41 Å². The highest BCUT2D eigenvalue weighted by Crippen LogP contribution is 2.48. The van der Waals surface area contributed by atoms with E-state index in [0.29, 0.717) is 0 Å². The molecule has 0 bridgehead atoms. The van der Waals surface area contributed by atoms with Crippen molar-refractivity contribution in [1.82, 2.24) is 0 Å². The highest BCUT2D eigenvalue weighted by molar-refractivity contribution is 7.99. The van der Waals surface area contributed by atoms with Gasteiger partial charge in [0, 0.05) is 27.5 Å². The number of nitrogens with one attached hydrogen (secondary N) is 1. The second kappa shape index (κ2) is 8.22. The van der Waals surface area contributed by atoms with Crippen molar-refractivity contribution < 1.29 is 9.36 Å². The predicted molar refractivity (Wildman–Crippen MR) is 117 cm³/mol. The molecule has 0 spiro atoms. The fourth-order valence-corrected chi connectivity index (χ4v) is 4.32. The SMILES string of the molecule is Cc1ccc[n+](/C(=C\C(=C=N)C#N)C(=O)N2c3ccccc3Sc3ccccc32)c1. The van der Waals surface area contributed by atoms with Crippen molar-refractivity contribution in [2.24, 2.45) is 0 Å². The molecule has 1 N–H and O–H groups in total.